The van der Waals surface area contributed by atoms with E-state index in [0.717, 1.165) is 22.3 Å². The third kappa shape index (κ3) is 4.91. The van der Waals surface area contributed by atoms with Crippen LogP contribution in [0.5, 0.6) is 0 Å². The lowest BCUT2D eigenvalue weighted by Crippen LogP contribution is -2.13. The maximum Gasteiger partial charge on any atom is 0.196 e. The maximum absolute atomic E-state index is 14.6. The summed E-state index contributed by atoms with van der Waals surface area (Å²) in [5, 5.41) is 3.98. The Morgan fingerprint density at radius 3 is 2.64 bits per heavy atom. The number of nitrogen functional groups attached to an aromatic ring is 1. The summed E-state index contributed by atoms with van der Waals surface area (Å²) in [4.78, 5) is 22.1. The molecule has 39 heavy (non-hydrogen) atoms. The highest BCUT2D eigenvalue weighted by molar-refractivity contribution is 5.90. The normalized spacial score (nSPS) is 12.2. The van der Waals surface area contributed by atoms with Gasteiger partial charge in [0.25, 0.3) is 0 Å². The van der Waals surface area contributed by atoms with Gasteiger partial charge in [-0.3, -0.25) is 14.8 Å². The van der Waals surface area contributed by atoms with Crippen LogP contribution in [0.1, 0.15) is 35.2 Å². The number of hydrogen-bond donors (Lipinski definition) is 2. The number of nitrogens with one attached hydrogen (secondary N) is 1. The van der Waals surface area contributed by atoms with Gasteiger partial charge >= 0.3 is 0 Å². The van der Waals surface area contributed by atoms with Gasteiger partial charge in [0.05, 0.1) is 22.8 Å². The predicted octanol–water partition coefficient (Wildman–Crippen LogP) is 7.08. The minimum Gasteiger partial charge on any atom is -0.455 e. The lowest BCUT2D eigenvalue weighted by molar-refractivity contribution is 0.605. The Hall–Kier alpha value is -4.78. The number of halogens is 1. The Kier molecular flexibility index (Phi) is 6.98. The van der Waals surface area contributed by atoms with Crippen molar-refractivity contribution < 1.29 is 8.81 Å². The number of fused-ring (bicyclic) bond motifs is 1. The fourth-order valence-electron chi connectivity index (χ4n) is 4.83. The van der Waals surface area contributed by atoms with Crippen LogP contribution in [-0.4, -0.2) is 18.2 Å². The zero-order valence-corrected chi connectivity index (χ0v) is 22.2. The summed E-state index contributed by atoms with van der Waals surface area (Å²) in [6.07, 6.45) is 3.31. The fraction of sp³-hybridized carbons (Fsp3) is 0.156. The topological polar surface area (TPSA) is 93.5 Å². The molecule has 0 aliphatic heterocycles. The molecule has 0 bridgehead atoms. The first-order valence-corrected chi connectivity index (χ1v) is 12.6. The van der Waals surface area contributed by atoms with Gasteiger partial charge in [-0.15, -0.1) is 0 Å². The first-order chi connectivity index (χ1) is 18.8. The number of anilines is 2. The number of aromatic nitrogens is 1. The molecule has 0 aliphatic rings. The molecule has 3 N–H and O–H groups in total. The summed E-state index contributed by atoms with van der Waals surface area (Å²) < 4.78 is 21.1. The van der Waals surface area contributed by atoms with Crippen LogP contribution in [0.15, 0.2) is 87.1 Å². The molecule has 0 fully saturated rings. The number of nitrogens with zero attached hydrogens (tertiary/aromatic N) is 2. The van der Waals surface area contributed by atoms with Crippen molar-refractivity contribution in [1.82, 2.24) is 4.98 Å². The number of rotatable bonds is 6. The number of nitrogens with two attached hydrogens (primary N) is 1. The Morgan fingerprint density at radius 1 is 1.08 bits per heavy atom. The molecule has 2 aromatic heterocycles. The SMILES string of the molecule is CN=Cc1cc(-c2oc3c([C@@H](C)Nc4cccnc4-c4ccccc4F)cc(C)cc3c(=O)c2C)ccc1N. The molecule has 196 valence electrons. The Balaban J connectivity index is 1.65. The van der Waals surface area contributed by atoms with E-state index < -0.39 is 0 Å². The molecule has 1 atom stereocenters. The molecule has 0 saturated carbocycles. The van der Waals surface area contributed by atoms with Crippen LogP contribution in [0, 0.1) is 19.7 Å². The summed E-state index contributed by atoms with van der Waals surface area (Å²) in [5.74, 6) is 0.124. The fourth-order valence-corrected chi connectivity index (χ4v) is 4.83. The van der Waals surface area contributed by atoms with Crippen LogP contribution in [0.25, 0.3) is 33.6 Å². The van der Waals surface area contributed by atoms with Gasteiger partial charge in [0.1, 0.15) is 17.2 Å². The minimum atomic E-state index is -0.352. The molecule has 3 aromatic carbocycles. The number of benzene rings is 3. The van der Waals surface area contributed by atoms with Crippen LogP contribution in [0.2, 0.25) is 0 Å². The quantitative estimate of drug-likeness (QED) is 0.184. The van der Waals surface area contributed by atoms with E-state index in [0.29, 0.717) is 44.9 Å². The van der Waals surface area contributed by atoms with E-state index in [9.17, 15) is 9.18 Å². The summed E-state index contributed by atoms with van der Waals surface area (Å²) in [7, 11) is 1.68. The van der Waals surface area contributed by atoms with Crippen molar-refractivity contribution in [2.24, 2.45) is 4.99 Å². The lowest BCUT2D eigenvalue weighted by atomic mass is 9.98. The van der Waals surface area contributed by atoms with Crippen molar-refractivity contribution in [2.75, 3.05) is 18.1 Å². The molecule has 5 rings (SSSR count). The van der Waals surface area contributed by atoms with Crippen molar-refractivity contribution in [2.45, 2.75) is 26.8 Å². The molecule has 5 aromatic rings. The Bertz CT molecular complexity index is 1790. The number of hydrogen-bond acceptors (Lipinski definition) is 6. The number of aliphatic imine (C=N–C) groups is 1. The van der Waals surface area contributed by atoms with Gasteiger partial charge in [0.2, 0.25) is 0 Å². The largest absolute Gasteiger partial charge is 0.455 e. The van der Waals surface area contributed by atoms with Crippen molar-refractivity contribution in [3.63, 3.8) is 0 Å². The molecular weight excluding hydrogens is 491 g/mol. The molecule has 0 saturated heterocycles. The zero-order chi connectivity index (χ0) is 27.7. The average Bonchev–Trinajstić information content (AvgIpc) is 2.93. The van der Waals surface area contributed by atoms with Crippen LogP contribution in [-0.2, 0) is 0 Å². The van der Waals surface area contributed by atoms with Crippen LogP contribution in [0.3, 0.4) is 0 Å². The van der Waals surface area contributed by atoms with Crippen LogP contribution in [0.4, 0.5) is 15.8 Å². The predicted molar refractivity (Wildman–Crippen MR) is 157 cm³/mol. The van der Waals surface area contributed by atoms with Gasteiger partial charge in [-0.2, -0.15) is 0 Å². The van der Waals surface area contributed by atoms with Crippen molar-refractivity contribution >= 4 is 28.6 Å². The van der Waals surface area contributed by atoms with E-state index >= 15 is 0 Å². The Labute approximate surface area is 226 Å². The minimum absolute atomic E-state index is 0.0978. The van der Waals surface area contributed by atoms with E-state index in [1.807, 2.05) is 44.2 Å². The summed E-state index contributed by atoms with van der Waals surface area (Å²) in [6, 6.07) is 19.2. The van der Waals surface area contributed by atoms with E-state index in [2.05, 4.69) is 15.3 Å². The maximum atomic E-state index is 14.6. The highest BCUT2D eigenvalue weighted by Gasteiger charge is 2.20. The highest BCUT2D eigenvalue weighted by atomic mass is 19.1. The standard InChI is InChI=1S/C32H29FN4O2/c1-18-14-24(20(3)37-28-10-7-13-36-29(28)23-8-5-6-9-26(23)33)32-25(15-18)30(38)19(2)31(39-32)21-11-12-27(34)22(16-21)17-35-4/h5-17,20,37H,34H2,1-4H3/t20-/m1/s1. The number of pyridine rings is 1. The van der Waals surface area contributed by atoms with Gasteiger partial charge in [0.15, 0.2) is 5.43 Å². The second-order valence-electron chi connectivity index (χ2n) is 9.59. The van der Waals surface area contributed by atoms with Crippen molar-refractivity contribution in [3.8, 4) is 22.6 Å². The van der Waals surface area contributed by atoms with Gasteiger partial charge in [-0.05, 0) is 74.9 Å². The molecular formula is C32H29FN4O2. The molecule has 2 heterocycles. The van der Waals surface area contributed by atoms with Crippen LogP contribution >= 0.6 is 0 Å². The van der Waals surface area contributed by atoms with Crippen molar-refractivity contribution in [1.29, 1.82) is 0 Å². The molecule has 0 radical (unpaired) electrons. The highest BCUT2D eigenvalue weighted by Crippen LogP contribution is 2.35. The van der Waals surface area contributed by atoms with Gasteiger partial charge < -0.3 is 15.5 Å². The average molecular weight is 521 g/mol. The second-order valence-corrected chi connectivity index (χ2v) is 9.59. The molecule has 6 nitrogen and oxygen atoms in total. The molecule has 0 unspecified atom stereocenters. The smallest absolute Gasteiger partial charge is 0.196 e. The van der Waals surface area contributed by atoms with Gasteiger partial charge in [-0.25, -0.2) is 4.39 Å². The molecule has 0 spiro atoms. The lowest BCUT2D eigenvalue weighted by Gasteiger charge is -2.20. The van der Waals surface area contributed by atoms with E-state index in [4.69, 9.17) is 10.2 Å². The number of aryl methyl sites for hydroxylation is 1. The van der Waals surface area contributed by atoms with Gasteiger partial charge in [-0.1, -0.05) is 18.2 Å². The molecule has 0 aliphatic carbocycles. The molecule has 0 amide bonds. The second kappa shape index (κ2) is 10.5. The van der Waals surface area contributed by atoms with E-state index in [-0.39, 0.29) is 17.3 Å². The first kappa shape index (κ1) is 25.9. The monoisotopic (exact) mass is 520 g/mol. The van der Waals surface area contributed by atoms with Crippen LogP contribution < -0.4 is 16.5 Å². The zero-order valence-electron chi connectivity index (χ0n) is 22.2. The summed E-state index contributed by atoms with van der Waals surface area (Å²) in [6.45, 7) is 5.69. The van der Waals surface area contributed by atoms with E-state index in [1.54, 1.807) is 56.7 Å². The summed E-state index contributed by atoms with van der Waals surface area (Å²) >= 11 is 0. The summed E-state index contributed by atoms with van der Waals surface area (Å²) in [5.41, 5.74) is 12.4. The first-order valence-electron chi connectivity index (χ1n) is 12.6. The van der Waals surface area contributed by atoms with Gasteiger partial charge in [0, 0.05) is 53.0 Å². The van der Waals surface area contributed by atoms with E-state index in [1.165, 1.54) is 6.07 Å². The third-order valence-corrected chi connectivity index (χ3v) is 6.78. The third-order valence-electron chi connectivity index (χ3n) is 6.78. The van der Waals surface area contributed by atoms with Crippen molar-refractivity contribution in [3.05, 3.63) is 111 Å². The molecule has 7 heteroatoms. The Morgan fingerprint density at radius 2 is 1.87 bits per heavy atom.